The highest BCUT2D eigenvalue weighted by Crippen LogP contribution is 2.26. The molecule has 0 atom stereocenters. The fraction of sp³-hybridized carbons (Fsp3) is 0.357. The number of amides is 1. The number of benzene rings is 1. The van der Waals surface area contributed by atoms with Crippen LogP contribution >= 0.6 is 11.6 Å². The van der Waals surface area contributed by atoms with Crippen molar-refractivity contribution in [2.75, 3.05) is 26.7 Å². The van der Waals surface area contributed by atoms with Gasteiger partial charge in [0.2, 0.25) is 15.9 Å². The van der Waals surface area contributed by atoms with E-state index in [-0.39, 0.29) is 34.7 Å². The van der Waals surface area contributed by atoms with Crippen molar-refractivity contribution in [3.63, 3.8) is 0 Å². The Morgan fingerprint density at radius 1 is 1.50 bits per heavy atom. The molecule has 0 aliphatic heterocycles. The largest absolute Gasteiger partial charge is 0.495 e. The van der Waals surface area contributed by atoms with E-state index in [0.29, 0.717) is 6.54 Å². The summed E-state index contributed by atoms with van der Waals surface area (Å²) in [5, 5.41) is 0.290. The minimum absolute atomic E-state index is 0.0411. The lowest BCUT2D eigenvalue weighted by Crippen LogP contribution is -2.37. The maximum absolute atomic E-state index is 12.3. The summed E-state index contributed by atoms with van der Waals surface area (Å²) >= 11 is 5.84. The van der Waals surface area contributed by atoms with Crippen LogP contribution in [0.3, 0.4) is 0 Å². The van der Waals surface area contributed by atoms with Crippen molar-refractivity contribution >= 4 is 27.5 Å². The Bertz CT molecular complexity index is 646. The van der Waals surface area contributed by atoms with Crippen molar-refractivity contribution in [1.82, 2.24) is 9.62 Å². The zero-order valence-electron chi connectivity index (χ0n) is 12.5. The van der Waals surface area contributed by atoms with Crippen LogP contribution in [0.25, 0.3) is 0 Å². The van der Waals surface area contributed by atoms with Crippen LogP contribution in [0, 0.1) is 0 Å². The lowest BCUT2D eigenvalue weighted by Gasteiger charge is -2.19. The first-order chi connectivity index (χ1) is 10.3. The summed E-state index contributed by atoms with van der Waals surface area (Å²) in [4.78, 5) is 12.8. The first-order valence-electron chi connectivity index (χ1n) is 6.51. The van der Waals surface area contributed by atoms with E-state index in [1.807, 2.05) is 0 Å². The lowest BCUT2D eigenvalue weighted by atomic mass is 10.3. The van der Waals surface area contributed by atoms with Gasteiger partial charge in [-0.25, -0.2) is 13.1 Å². The highest BCUT2D eigenvalue weighted by molar-refractivity contribution is 7.89. The van der Waals surface area contributed by atoms with Crippen molar-refractivity contribution < 1.29 is 17.9 Å². The predicted molar refractivity (Wildman–Crippen MR) is 85.6 cm³/mol. The number of sulfonamides is 1. The van der Waals surface area contributed by atoms with Gasteiger partial charge in [-0.15, -0.1) is 6.58 Å². The fourth-order valence-electron chi connectivity index (χ4n) is 1.79. The van der Waals surface area contributed by atoms with Gasteiger partial charge in [-0.2, -0.15) is 0 Å². The molecule has 1 aromatic carbocycles. The number of nitrogens with one attached hydrogen (secondary N) is 1. The van der Waals surface area contributed by atoms with Crippen LogP contribution in [0.2, 0.25) is 5.02 Å². The lowest BCUT2D eigenvalue weighted by molar-refractivity contribution is -0.128. The highest BCUT2D eigenvalue weighted by Gasteiger charge is 2.20. The molecule has 0 saturated carbocycles. The average molecular weight is 347 g/mol. The Morgan fingerprint density at radius 2 is 2.18 bits per heavy atom. The summed E-state index contributed by atoms with van der Waals surface area (Å²) in [5.41, 5.74) is 0. The van der Waals surface area contributed by atoms with Gasteiger partial charge in [0.25, 0.3) is 0 Å². The normalized spacial score (nSPS) is 11.0. The Kier molecular flexibility index (Phi) is 6.86. The molecule has 1 aromatic rings. The van der Waals surface area contributed by atoms with E-state index in [4.69, 9.17) is 16.3 Å². The topological polar surface area (TPSA) is 75.7 Å². The van der Waals surface area contributed by atoms with Crippen LogP contribution in [0.15, 0.2) is 35.7 Å². The minimum Gasteiger partial charge on any atom is -0.495 e. The number of halogens is 1. The van der Waals surface area contributed by atoms with Crippen LogP contribution in [0.4, 0.5) is 0 Å². The maximum Gasteiger partial charge on any atom is 0.244 e. The summed E-state index contributed by atoms with van der Waals surface area (Å²) in [5.74, 6) is 0.0471. The van der Waals surface area contributed by atoms with Crippen LogP contribution < -0.4 is 9.46 Å². The van der Waals surface area contributed by atoms with Crippen molar-refractivity contribution in [3.8, 4) is 5.75 Å². The number of hydrogen-bond donors (Lipinski definition) is 1. The molecule has 0 unspecified atom stereocenters. The third-order valence-corrected chi connectivity index (χ3v) is 4.60. The molecule has 0 aliphatic carbocycles. The van der Waals surface area contributed by atoms with E-state index in [9.17, 15) is 13.2 Å². The van der Waals surface area contributed by atoms with Crippen molar-refractivity contribution in [3.05, 3.63) is 35.9 Å². The second kappa shape index (κ2) is 8.17. The molecule has 0 aliphatic rings. The predicted octanol–water partition coefficient (Wildman–Crippen LogP) is 1.66. The zero-order valence-corrected chi connectivity index (χ0v) is 14.1. The molecule has 0 fully saturated rings. The molecule has 0 heterocycles. The van der Waals surface area contributed by atoms with E-state index in [1.165, 1.54) is 31.1 Å². The van der Waals surface area contributed by atoms with Crippen molar-refractivity contribution in [2.45, 2.75) is 11.8 Å². The molecule has 0 spiro atoms. The highest BCUT2D eigenvalue weighted by atomic mass is 35.5. The maximum atomic E-state index is 12.3. The number of carbonyl (C=O) groups is 1. The number of nitrogens with zero attached hydrogens (tertiary/aromatic N) is 1. The molecule has 0 bridgehead atoms. The molecule has 0 saturated heterocycles. The van der Waals surface area contributed by atoms with Crippen molar-refractivity contribution in [2.24, 2.45) is 0 Å². The molecule has 22 heavy (non-hydrogen) atoms. The van der Waals surface area contributed by atoms with Gasteiger partial charge >= 0.3 is 0 Å². The monoisotopic (exact) mass is 346 g/mol. The molecule has 1 amide bonds. The molecule has 122 valence electrons. The zero-order chi connectivity index (χ0) is 16.8. The summed E-state index contributed by atoms with van der Waals surface area (Å²) < 4.78 is 32.1. The molecule has 6 nitrogen and oxygen atoms in total. The van der Waals surface area contributed by atoms with Gasteiger partial charge in [0.1, 0.15) is 10.6 Å². The number of hydrogen-bond acceptors (Lipinski definition) is 4. The van der Waals surface area contributed by atoms with Gasteiger partial charge in [-0.3, -0.25) is 4.79 Å². The third kappa shape index (κ3) is 5.01. The van der Waals surface area contributed by atoms with Crippen molar-refractivity contribution in [1.29, 1.82) is 0 Å². The molecular formula is C14H19ClN2O4S. The Morgan fingerprint density at radius 3 is 2.73 bits per heavy atom. The molecule has 1 rings (SSSR count). The molecule has 8 heteroatoms. The SMILES string of the molecule is C=CCN(CCNS(=O)(=O)c1cc(Cl)ccc1OC)C(C)=O. The Labute approximate surface area is 135 Å². The summed E-state index contributed by atoms with van der Waals surface area (Å²) in [6.45, 7) is 5.64. The van der Waals surface area contributed by atoms with Gasteiger partial charge < -0.3 is 9.64 Å². The van der Waals surface area contributed by atoms with Crippen LogP contribution in [-0.2, 0) is 14.8 Å². The smallest absolute Gasteiger partial charge is 0.244 e. The number of carbonyl (C=O) groups excluding carboxylic acids is 1. The quantitative estimate of drug-likeness (QED) is 0.726. The Balaban J connectivity index is 2.82. The summed E-state index contributed by atoms with van der Waals surface area (Å²) in [6, 6.07) is 4.34. The van der Waals surface area contributed by atoms with Crippen LogP contribution in [0.5, 0.6) is 5.75 Å². The van der Waals surface area contributed by atoms with Gasteiger partial charge in [0.15, 0.2) is 0 Å². The molecule has 0 aromatic heterocycles. The van der Waals surface area contributed by atoms with Crippen LogP contribution in [-0.4, -0.2) is 46.0 Å². The fourth-order valence-corrected chi connectivity index (χ4v) is 3.24. The first kappa shape index (κ1) is 18.5. The molecule has 1 N–H and O–H groups in total. The van der Waals surface area contributed by atoms with Crippen LogP contribution in [0.1, 0.15) is 6.92 Å². The number of ether oxygens (including phenoxy) is 1. The second-order valence-electron chi connectivity index (χ2n) is 4.45. The Hall–Kier alpha value is -1.57. The van der Waals surface area contributed by atoms with E-state index in [0.717, 1.165) is 0 Å². The van der Waals surface area contributed by atoms with E-state index in [2.05, 4.69) is 11.3 Å². The van der Waals surface area contributed by atoms with E-state index >= 15 is 0 Å². The van der Waals surface area contributed by atoms with E-state index in [1.54, 1.807) is 12.1 Å². The number of rotatable bonds is 8. The average Bonchev–Trinajstić information content (AvgIpc) is 2.46. The van der Waals surface area contributed by atoms with Gasteiger partial charge in [-0.1, -0.05) is 17.7 Å². The van der Waals surface area contributed by atoms with E-state index < -0.39 is 10.0 Å². The minimum atomic E-state index is -3.79. The van der Waals surface area contributed by atoms with Gasteiger partial charge in [0.05, 0.1) is 7.11 Å². The first-order valence-corrected chi connectivity index (χ1v) is 8.37. The number of methoxy groups -OCH3 is 1. The van der Waals surface area contributed by atoms with Gasteiger partial charge in [0, 0.05) is 31.6 Å². The summed E-state index contributed by atoms with van der Waals surface area (Å²) in [7, 11) is -2.41. The second-order valence-corrected chi connectivity index (χ2v) is 6.62. The molecular weight excluding hydrogens is 328 g/mol. The third-order valence-electron chi connectivity index (χ3n) is 2.88. The summed E-state index contributed by atoms with van der Waals surface area (Å²) in [6.07, 6.45) is 1.58. The van der Waals surface area contributed by atoms with Gasteiger partial charge in [-0.05, 0) is 18.2 Å². The molecule has 0 radical (unpaired) electrons. The standard InChI is InChI=1S/C14H19ClN2O4S/c1-4-8-17(11(2)18)9-7-16-22(19,20)14-10-12(15)5-6-13(14)21-3/h4-6,10,16H,1,7-9H2,2-3H3.